The van der Waals surface area contributed by atoms with Crippen molar-refractivity contribution in [1.82, 2.24) is 5.32 Å². The average Bonchev–Trinajstić information content (AvgIpc) is 2.58. The molecule has 1 N–H and O–H groups in total. The largest absolute Gasteiger partial charge is 0.378 e. The van der Waals surface area contributed by atoms with Gasteiger partial charge in [-0.2, -0.15) is 10.2 Å². The van der Waals surface area contributed by atoms with Crippen LogP contribution >= 0.6 is 0 Å². The van der Waals surface area contributed by atoms with E-state index in [1.54, 1.807) is 24.3 Å². The Morgan fingerprint density at radius 2 is 1.48 bits per heavy atom. The van der Waals surface area contributed by atoms with Crippen LogP contribution in [-0.4, -0.2) is 26.5 Å². The zero-order chi connectivity index (χ0) is 16.7. The van der Waals surface area contributed by atoms with E-state index in [-0.39, 0.29) is 5.91 Å². The lowest BCUT2D eigenvalue weighted by Crippen LogP contribution is -2.23. The van der Waals surface area contributed by atoms with Crippen LogP contribution < -0.4 is 10.2 Å². The van der Waals surface area contributed by atoms with Gasteiger partial charge in [0.2, 0.25) is 0 Å². The minimum absolute atomic E-state index is 0.0605. The molecular formula is C18H22N4O. The number of azo groups is 1. The van der Waals surface area contributed by atoms with Gasteiger partial charge in [0.25, 0.3) is 5.91 Å². The molecule has 0 spiro atoms. The SMILES string of the molecule is CCCNC(=O)c1ccc(/N=N/c2ccc(N(C)C)cc2)cc1. The second kappa shape index (κ2) is 8.08. The van der Waals surface area contributed by atoms with Crippen molar-refractivity contribution >= 4 is 23.0 Å². The van der Waals surface area contributed by atoms with Crippen molar-refractivity contribution in [3.63, 3.8) is 0 Å². The van der Waals surface area contributed by atoms with Crippen molar-refractivity contribution in [2.24, 2.45) is 10.2 Å². The van der Waals surface area contributed by atoms with E-state index in [9.17, 15) is 4.79 Å². The Morgan fingerprint density at radius 1 is 0.957 bits per heavy atom. The molecule has 2 aromatic carbocycles. The van der Waals surface area contributed by atoms with Gasteiger partial charge in [-0.3, -0.25) is 4.79 Å². The summed E-state index contributed by atoms with van der Waals surface area (Å²) >= 11 is 0. The molecule has 5 heteroatoms. The van der Waals surface area contributed by atoms with Crippen LogP contribution in [0.5, 0.6) is 0 Å². The van der Waals surface area contributed by atoms with Crippen molar-refractivity contribution in [3.8, 4) is 0 Å². The molecule has 0 saturated carbocycles. The number of carbonyl (C=O) groups excluding carboxylic acids is 1. The highest BCUT2D eigenvalue weighted by Gasteiger charge is 2.03. The number of nitrogens with zero attached hydrogens (tertiary/aromatic N) is 3. The molecule has 2 rings (SSSR count). The van der Waals surface area contributed by atoms with Crippen LogP contribution in [0.15, 0.2) is 58.8 Å². The summed E-state index contributed by atoms with van der Waals surface area (Å²) < 4.78 is 0. The fourth-order valence-corrected chi connectivity index (χ4v) is 1.95. The Morgan fingerprint density at radius 3 is 1.96 bits per heavy atom. The topological polar surface area (TPSA) is 57.1 Å². The Kier molecular flexibility index (Phi) is 5.86. The highest BCUT2D eigenvalue weighted by molar-refractivity contribution is 5.94. The van der Waals surface area contributed by atoms with Crippen molar-refractivity contribution in [2.75, 3.05) is 25.5 Å². The predicted octanol–water partition coefficient (Wildman–Crippen LogP) is 4.31. The number of hydrogen-bond donors (Lipinski definition) is 1. The minimum atomic E-state index is -0.0605. The molecule has 1 amide bonds. The molecule has 0 fully saturated rings. The molecule has 0 aliphatic carbocycles. The van der Waals surface area contributed by atoms with Gasteiger partial charge >= 0.3 is 0 Å². The number of benzene rings is 2. The summed E-state index contributed by atoms with van der Waals surface area (Å²) in [6.45, 7) is 2.71. The van der Waals surface area contributed by atoms with Gasteiger partial charge in [0.15, 0.2) is 0 Å². The first kappa shape index (κ1) is 16.7. The van der Waals surface area contributed by atoms with E-state index in [2.05, 4.69) is 15.5 Å². The third-order valence-electron chi connectivity index (χ3n) is 3.31. The molecule has 0 unspecified atom stereocenters. The van der Waals surface area contributed by atoms with E-state index in [0.717, 1.165) is 17.8 Å². The Balaban J connectivity index is 2.01. The number of anilines is 1. The van der Waals surface area contributed by atoms with Crippen LogP contribution in [0.1, 0.15) is 23.7 Å². The van der Waals surface area contributed by atoms with Crippen LogP contribution in [0, 0.1) is 0 Å². The quantitative estimate of drug-likeness (QED) is 0.808. The summed E-state index contributed by atoms with van der Waals surface area (Å²) in [4.78, 5) is 13.8. The molecule has 0 radical (unpaired) electrons. The smallest absolute Gasteiger partial charge is 0.251 e. The van der Waals surface area contributed by atoms with Crippen LogP contribution in [0.3, 0.4) is 0 Å². The molecule has 0 bridgehead atoms. The van der Waals surface area contributed by atoms with Crippen LogP contribution in [0.25, 0.3) is 0 Å². The summed E-state index contributed by atoms with van der Waals surface area (Å²) in [6.07, 6.45) is 0.921. The molecule has 0 atom stereocenters. The zero-order valence-electron chi connectivity index (χ0n) is 13.8. The minimum Gasteiger partial charge on any atom is -0.378 e. The number of nitrogens with one attached hydrogen (secondary N) is 1. The Bertz CT molecular complexity index is 660. The summed E-state index contributed by atoms with van der Waals surface area (Å²) in [5.41, 5.74) is 3.26. The maximum Gasteiger partial charge on any atom is 0.251 e. The van der Waals surface area contributed by atoms with E-state index in [4.69, 9.17) is 0 Å². The van der Waals surface area contributed by atoms with E-state index >= 15 is 0 Å². The molecule has 0 heterocycles. The molecule has 5 nitrogen and oxygen atoms in total. The number of carbonyl (C=O) groups is 1. The molecular weight excluding hydrogens is 288 g/mol. The Hall–Kier alpha value is -2.69. The Labute approximate surface area is 137 Å². The molecule has 0 saturated heterocycles. The molecule has 0 aliphatic rings. The maximum atomic E-state index is 11.8. The first-order valence-electron chi connectivity index (χ1n) is 7.67. The number of rotatable bonds is 6. The summed E-state index contributed by atoms with van der Waals surface area (Å²) in [7, 11) is 3.99. The van der Waals surface area contributed by atoms with Gasteiger partial charge in [-0.15, -0.1) is 0 Å². The second-order valence-electron chi connectivity index (χ2n) is 5.41. The van der Waals surface area contributed by atoms with Crippen LogP contribution in [-0.2, 0) is 0 Å². The lowest BCUT2D eigenvalue weighted by atomic mass is 10.2. The first-order valence-corrected chi connectivity index (χ1v) is 7.67. The maximum absolute atomic E-state index is 11.8. The van der Waals surface area contributed by atoms with Gasteiger partial charge in [0.1, 0.15) is 0 Å². The van der Waals surface area contributed by atoms with Gasteiger partial charge < -0.3 is 10.2 Å². The highest BCUT2D eigenvalue weighted by Crippen LogP contribution is 2.21. The lowest BCUT2D eigenvalue weighted by Gasteiger charge is -2.11. The second-order valence-corrected chi connectivity index (χ2v) is 5.41. The van der Waals surface area contributed by atoms with Crippen molar-refractivity contribution in [1.29, 1.82) is 0 Å². The van der Waals surface area contributed by atoms with Gasteiger partial charge in [-0.1, -0.05) is 6.92 Å². The van der Waals surface area contributed by atoms with Gasteiger partial charge in [0.05, 0.1) is 11.4 Å². The summed E-state index contributed by atoms with van der Waals surface area (Å²) in [5.74, 6) is -0.0605. The zero-order valence-corrected chi connectivity index (χ0v) is 13.8. The third-order valence-corrected chi connectivity index (χ3v) is 3.31. The van der Waals surface area contributed by atoms with Crippen molar-refractivity contribution in [3.05, 3.63) is 54.1 Å². The van der Waals surface area contributed by atoms with Crippen LogP contribution in [0.2, 0.25) is 0 Å². The fraction of sp³-hybridized carbons (Fsp3) is 0.278. The van der Waals surface area contributed by atoms with Crippen LogP contribution in [0.4, 0.5) is 17.1 Å². The standard InChI is InChI=1S/C18H22N4O/c1-4-13-19-18(23)14-5-7-15(8-6-14)20-21-16-9-11-17(12-10-16)22(2)3/h5-12H,4,13H2,1-3H3,(H,19,23)/b21-20+. The fourth-order valence-electron chi connectivity index (χ4n) is 1.95. The monoisotopic (exact) mass is 310 g/mol. The number of amides is 1. The molecule has 0 aliphatic heterocycles. The third kappa shape index (κ3) is 4.92. The van der Waals surface area contributed by atoms with E-state index in [1.165, 1.54) is 0 Å². The molecule has 23 heavy (non-hydrogen) atoms. The molecule has 120 valence electrons. The first-order chi connectivity index (χ1) is 11.1. The molecule has 2 aromatic rings. The summed E-state index contributed by atoms with van der Waals surface area (Å²) in [6, 6.07) is 14.9. The van der Waals surface area contributed by atoms with Crippen molar-refractivity contribution < 1.29 is 4.79 Å². The lowest BCUT2D eigenvalue weighted by molar-refractivity contribution is 0.0953. The van der Waals surface area contributed by atoms with E-state index in [1.807, 2.05) is 50.2 Å². The summed E-state index contributed by atoms with van der Waals surface area (Å²) in [5, 5.41) is 11.2. The van der Waals surface area contributed by atoms with Crippen molar-refractivity contribution in [2.45, 2.75) is 13.3 Å². The number of hydrogen-bond acceptors (Lipinski definition) is 4. The van der Waals surface area contributed by atoms with Gasteiger partial charge in [0, 0.05) is 31.9 Å². The highest BCUT2D eigenvalue weighted by atomic mass is 16.1. The van der Waals surface area contributed by atoms with Gasteiger partial charge in [-0.05, 0) is 55.0 Å². The normalized spacial score (nSPS) is 10.7. The average molecular weight is 310 g/mol. The molecule has 0 aromatic heterocycles. The van der Waals surface area contributed by atoms with Gasteiger partial charge in [-0.25, -0.2) is 0 Å². The van der Waals surface area contributed by atoms with E-state index < -0.39 is 0 Å². The predicted molar refractivity (Wildman–Crippen MR) is 94.0 cm³/mol. The van der Waals surface area contributed by atoms with E-state index in [0.29, 0.717) is 17.8 Å².